The summed E-state index contributed by atoms with van der Waals surface area (Å²) in [5.41, 5.74) is 4.54. The number of thiocarbonyl (C=S) groups is 1. The third-order valence-electron chi connectivity index (χ3n) is 5.28. The number of carbonyl (C=O) groups is 1. The van der Waals surface area contributed by atoms with Crippen LogP contribution >= 0.6 is 23.8 Å². The minimum Gasteiger partial charge on any atom is -0.457 e. The molecule has 0 unspecified atom stereocenters. The van der Waals surface area contributed by atoms with Gasteiger partial charge < -0.3 is 14.2 Å². The van der Waals surface area contributed by atoms with Crippen LogP contribution in [0.4, 0.5) is 5.69 Å². The first-order valence-corrected chi connectivity index (χ1v) is 11.7. The number of hydrogen-bond acceptors (Lipinski definition) is 6. The lowest BCUT2D eigenvalue weighted by Gasteiger charge is -2.11. The van der Waals surface area contributed by atoms with Crippen LogP contribution in [-0.4, -0.2) is 21.0 Å². The second kappa shape index (κ2) is 10.2. The molecule has 178 valence electrons. The van der Waals surface area contributed by atoms with Crippen LogP contribution in [0.3, 0.4) is 0 Å². The lowest BCUT2D eigenvalue weighted by molar-refractivity contribution is -0.115. The summed E-state index contributed by atoms with van der Waals surface area (Å²) < 4.78 is 11.5. The average Bonchev–Trinajstić information content (AvgIpc) is 3.52. The molecule has 2 N–H and O–H groups in total. The molecule has 1 amide bonds. The van der Waals surface area contributed by atoms with E-state index in [1.54, 1.807) is 36.5 Å². The predicted molar refractivity (Wildman–Crippen MR) is 145 cm³/mol. The summed E-state index contributed by atoms with van der Waals surface area (Å²) in [5.74, 6) is 1.31. The number of nitrogens with one attached hydrogen (secondary N) is 2. The molecule has 0 aliphatic carbocycles. The maximum Gasteiger partial charge on any atom is 0.250 e. The number of anilines is 1. The molecule has 0 atom stereocenters. The average molecular weight is 515 g/mol. The molecular formula is C27H19ClN4O3S. The fraction of sp³-hybridized carbons (Fsp3) is 0.0370. The van der Waals surface area contributed by atoms with Crippen LogP contribution in [-0.2, 0) is 4.79 Å². The predicted octanol–water partition coefficient (Wildman–Crippen LogP) is 6.64. The molecule has 36 heavy (non-hydrogen) atoms. The van der Waals surface area contributed by atoms with Gasteiger partial charge in [0.15, 0.2) is 16.3 Å². The molecular weight excluding hydrogens is 496 g/mol. The van der Waals surface area contributed by atoms with E-state index in [0.29, 0.717) is 33.7 Å². The van der Waals surface area contributed by atoms with Gasteiger partial charge >= 0.3 is 0 Å². The van der Waals surface area contributed by atoms with Crippen molar-refractivity contribution in [1.29, 1.82) is 0 Å². The molecule has 0 fully saturated rings. The zero-order valence-corrected chi connectivity index (χ0v) is 20.6. The highest BCUT2D eigenvalue weighted by Gasteiger charge is 2.11. The second-order valence-electron chi connectivity index (χ2n) is 7.86. The van der Waals surface area contributed by atoms with E-state index in [0.717, 1.165) is 22.4 Å². The first-order chi connectivity index (χ1) is 17.4. The summed E-state index contributed by atoms with van der Waals surface area (Å²) in [6.45, 7) is 1.92. The van der Waals surface area contributed by atoms with Gasteiger partial charge in [0.1, 0.15) is 11.5 Å². The number of rotatable bonds is 5. The number of aromatic nitrogens is 2. The number of hydrogen-bond donors (Lipinski definition) is 2. The van der Waals surface area contributed by atoms with Gasteiger partial charge in [-0.2, -0.15) is 4.98 Å². The third kappa shape index (κ3) is 5.35. The van der Waals surface area contributed by atoms with Crippen molar-refractivity contribution < 1.29 is 13.6 Å². The van der Waals surface area contributed by atoms with Crippen LogP contribution in [0, 0.1) is 6.92 Å². The number of oxazole rings is 1. The normalized spacial score (nSPS) is 11.2. The number of benzene rings is 2. The van der Waals surface area contributed by atoms with Crippen molar-refractivity contribution in [3.8, 4) is 22.8 Å². The number of halogens is 1. The van der Waals surface area contributed by atoms with Gasteiger partial charge in [-0.15, -0.1) is 0 Å². The Balaban J connectivity index is 1.19. The Bertz CT molecular complexity index is 1570. The molecule has 0 bridgehead atoms. The van der Waals surface area contributed by atoms with E-state index in [1.165, 1.54) is 6.08 Å². The van der Waals surface area contributed by atoms with E-state index in [1.807, 2.05) is 49.4 Å². The number of nitrogens with zero attached hydrogens (tertiary/aromatic N) is 2. The molecule has 3 aromatic heterocycles. The van der Waals surface area contributed by atoms with Crippen LogP contribution < -0.4 is 10.6 Å². The van der Waals surface area contributed by atoms with Crippen molar-refractivity contribution in [2.24, 2.45) is 0 Å². The van der Waals surface area contributed by atoms with Crippen LogP contribution in [0.25, 0.3) is 40.1 Å². The summed E-state index contributed by atoms with van der Waals surface area (Å²) in [5, 5.41) is 6.50. The van der Waals surface area contributed by atoms with Gasteiger partial charge in [0.2, 0.25) is 11.8 Å². The van der Waals surface area contributed by atoms with Crippen molar-refractivity contribution in [2.75, 3.05) is 5.32 Å². The van der Waals surface area contributed by atoms with Crippen LogP contribution in [0.15, 0.2) is 87.8 Å². The van der Waals surface area contributed by atoms with Crippen LogP contribution in [0.2, 0.25) is 5.02 Å². The lowest BCUT2D eigenvalue weighted by atomic mass is 10.1. The Morgan fingerprint density at radius 1 is 1.03 bits per heavy atom. The molecule has 0 aliphatic rings. The van der Waals surface area contributed by atoms with E-state index in [4.69, 9.17) is 32.7 Å². The maximum absolute atomic E-state index is 12.3. The summed E-state index contributed by atoms with van der Waals surface area (Å²) in [6.07, 6.45) is 4.60. The monoisotopic (exact) mass is 514 g/mol. The number of amides is 1. The van der Waals surface area contributed by atoms with E-state index >= 15 is 0 Å². The first-order valence-electron chi connectivity index (χ1n) is 10.9. The lowest BCUT2D eigenvalue weighted by Crippen LogP contribution is -2.33. The van der Waals surface area contributed by atoms with Crippen LogP contribution in [0.5, 0.6) is 0 Å². The standard InChI is InChI=1S/C27H19ClN4O3S/c1-16-15-18(26-32-25-23(35-26)3-2-14-29-25)6-11-21(16)30-27(36)31-24(33)13-10-20-9-12-22(34-20)17-4-7-19(28)8-5-17/h2-15H,1H3,(H2,30,31,33,36). The number of furan rings is 1. The van der Waals surface area contributed by atoms with E-state index in [-0.39, 0.29) is 11.0 Å². The van der Waals surface area contributed by atoms with Gasteiger partial charge in [-0.3, -0.25) is 10.1 Å². The summed E-state index contributed by atoms with van der Waals surface area (Å²) in [6, 6.07) is 20.2. The van der Waals surface area contributed by atoms with E-state index < -0.39 is 0 Å². The van der Waals surface area contributed by atoms with E-state index in [9.17, 15) is 4.79 Å². The quantitative estimate of drug-likeness (QED) is 0.200. The fourth-order valence-electron chi connectivity index (χ4n) is 3.51. The number of fused-ring (bicyclic) bond motifs is 1. The molecule has 3 heterocycles. The Hall–Kier alpha value is -4.27. The first kappa shape index (κ1) is 23.5. The third-order valence-corrected chi connectivity index (χ3v) is 5.73. The molecule has 0 saturated heterocycles. The summed E-state index contributed by atoms with van der Waals surface area (Å²) in [7, 11) is 0. The molecule has 0 spiro atoms. The van der Waals surface area contributed by atoms with Crippen molar-refractivity contribution in [2.45, 2.75) is 6.92 Å². The number of carbonyl (C=O) groups excluding carboxylic acids is 1. The molecule has 5 aromatic rings. The molecule has 0 radical (unpaired) electrons. The van der Waals surface area contributed by atoms with E-state index in [2.05, 4.69) is 20.6 Å². The molecule has 9 heteroatoms. The highest BCUT2D eigenvalue weighted by Crippen LogP contribution is 2.27. The smallest absolute Gasteiger partial charge is 0.250 e. The number of aryl methyl sites for hydroxylation is 1. The topological polar surface area (TPSA) is 93.2 Å². The Labute approximate surface area is 216 Å². The highest BCUT2D eigenvalue weighted by atomic mass is 35.5. The van der Waals surface area contributed by atoms with Gasteiger partial charge in [0.05, 0.1) is 0 Å². The Morgan fingerprint density at radius 2 is 1.83 bits per heavy atom. The minimum absolute atomic E-state index is 0.174. The maximum atomic E-state index is 12.3. The van der Waals surface area contributed by atoms with Crippen molar-refractivity contribution >= 4 is 57.8 Å². The fourth-order valence-corrected chi connectivity index (χ4v) is 3.84. The zero-order chi connectivity index (χ0) is 25.1. The van der Waals surface area contributed by atoms with Crippen LogP contribution in [0.1, 0.15) is 11.3 Å². The van der Waals surface area contributed by atoms with Gasteiger partial charge in [0, 0.05) is 34.1 Å². The number of pyridine rings is 1. The van der Waals surface area contributed by atoms with Gasteiger partial charge in [-0.1, -0.05) is 11.6 Å². The molecule has 2 aromatic carbocycles. The van der Waals surface area contributed by atoms with Gasteiger partial charge in [-0.05, 0) is 97.5 Å². The minimum atomic E-state index is -0.384. The SMILES string of the molecule is Cc1cc(-c2nc3ncccc3o2)ccc1NC(=S)NC(=O)C=Cc1ccc(-c2ccc(Cl)cc2)o1. The van der Waals surface area contributed by atoms with Gasteiger partial charge in [0.25, 0.3) is 0 Å². The summed E-state index contributed by atoms with van der Waals surface area (Å²) in [4.78, 5) is 20.9. The Kier molecular flexibility index (Phi) is 6.62. The van der Waals surface area contributed by atoms with Crippen molar-refractivity contribution in [3.63, 3.8) is 0 Å². The largest absolute Gasteiger partial charge is 0.457 e. The second-order valence-corrected chi connectivity index (χ2v) is 8.70. The molecule has 0 saturated carbocycles. The zero-order valence-electron chi connectivity index (χ0n) is 19.0. The van der Waals surface area contributed by atoms with Gasteiger partial charge in [-0.25, -0.2) is 4.98 Å². The Morgan fingerprint density at radius 3 is 2.61 bits per heavy atom. The highest BCUT2D eigenvalue weighted by molar-refractivity contribution is 7.80. The van der Waals surface area contributed by atoms with Crippen molar-refractivity contribution in [1.82, 2.24) is 15.3 Å². The molecule has 7 nitrogen and oxygen atoms in total. The van der Waals surface area contributed by atoms with Crippen molar-refractivity contribution in [3.05, 3.63) is 95.3 Å². The molecule has 5 rings (SSSR count). The summed E-state index contributed by atoms with van der Waals surface area (Å²) >= 11 is 11.2. The molecule has 0 aliphatic heterocycles.